The molecule has 0 unspecified atom stereocenters. The maximum atomic E-state index is 12.4. The highest BCUT2D eigenvalue weighted by Gasteiger charge is 2.35. The van der Waals surface area contributed by atoms with Gasteiger partial charge in [-0.15, -0.1) is 0 Å². The van der Waals surface area contributed by atoms with Crippen molar-refractivity contribution in [1.29, 1.82) is 0 Å². The Balaban J connectivity index is 1.43. The van der Waals surface area contributed by atoms with Crippen LogP contribution in [0.15, 0.2) is 24.3 Å². The summed E-state index contributed by atoms with van der Waals surface area (Å²) in [7, 11) is 1.84. The second kappa shape index (κ2) is 7.88. The predicted molar refractivity (Wildman–Crippen MR) is 95.4 cm³/mol. The lowest BCUT2D eigenvalue weighted by Crippen LogP contribution is -2.58. The zero-order valence-corrected chi connectivity index (χ0v) is 14.8. The molecular formula is C19H29N3O2. The molecule has 3 aliphatic rings. The van der Waals surface area contributed by atoms with E-state index in [4.69, 9.17) is 4.74 Å². The van der Waals surface area contributed by atoms with Crippen molar-refractivity contribution in [2.45, 2.75) is 32.2 Å². The topological polar surface area (TPSA) is 44.8 Å². The van der Waals surface area contributed by atoms with Gasteiger partial charge in [0, 0.05) is 19.6 Å². The Morgan fingerprint density at radius 1 is 1.33 bits per heavy atom. The molecule has 3 heterocycles. The molecule has 24 heavy (non-hydrogen) atoms. The minimum atomic E-state index is 0.0149. The van der Waals surface area contributed by atoms with E-state index in [1.54, 1.807) is 4.90 Å². The number of para-hydroxylation sites is 1. The minimum absolute atomic E-state index is 0.0149. The van der Waals surface area contributed by atoms with Crippen molar-refractivity contribution in [3.8, 4) is 5.75 Å². The summed E-state index contributed by atoms with van der Waals surface area (Å²) >= 11 is 0. The van der Waals surface area contributed by atoms with E-state index in [1.165, 1.54) is 31.5 Å². The Hall–Kier alpha value is -1.75. The number of rotatable bonds is 6. The number of likely N-dealkylation sites (N-methyl/N-ethyl adjacent to an activating group) is 1. The summed E-state index contributed by atoms with van der Waals surface area (Å²) in [6.07, 6.45) is 3.38. The molecule has 2 amide bonds. The number of aryl methyl sites for hydroxylation is 1. The third kappa shape index (κ3) is 4.01. The third-order valence-corrected chi connectivity index (χ3v) is 5.35. The Kier molecular flexibility index (Phi) is 5.61. The van der Waals surface area contributed by atoms with Gasteiger partial charge in [-0.1, -0.05) is 25.1 Å². The monoisotopic (exact) mass is 331 g/mol. The molecule has 0 aliphatic carbocycles. The number of nitrogens with zero attached hydrogens (tertiary/aromatic N) is 2. The van der Waals surface area contributed by atoms with E-state index in [2.05, 4.69) is 23.2 Å². The van der Waals surface area contributed by atoms with Gasteiger partial charge in [0.15, 0.2) is 0 Å². The largest absolute Gasteiger partial charge is 0.491 e. The number of piperidine rings is 3. The predicted octanol–water partition coefficient (Wildman–Crippen LogP) is 2.36. The van der Waals surface area contributed by atoms with Crippen LogP contribution < -0.4 is 10.1 Å². The summed E-state index contributed by atoms with van der Waals surface area (Å²) in [4.78, 5) is 16.6. The Labute approximate surface area is 145 Å². The van der Waals surface area contributed by atoms with Crippen LogP contribution in [0.2, 0.25) is 0 Å². The van der Waals surface area contributed by atoms with E-state index < -0.39 is 0 Å². The van der Waals surface area contributed by atoms with E-state index in [9.17, 15) is 4.79 Å². The highest BCUT2D eigenvalue weighted by Crippen LogP contribution is 2.27. The summed E-state index contributed by atoms with van der Waals surface area (Å²) in [5.41, 5.74) is 1.21. The zero-order chi connectivity index (χ0) is 16.9. The maximum Gasteiger partial charge on any atom is 0.317 e. The Morgan fingerprint density at radius 2 is 2.08 bits per heavy atom. The number of benzene rings is 1. The average molecular weight is 331 g/mol. The number of urea groups is 1. The molecule has 4 rings (SSSR count). The van der Waals surface area contributed by atoms with Crippen LogP contribution in [0.5, 0.6) is 5.75 Å². The SMILES string of the molecule is CCc1ccccc1OCCN(C)C(=O)N[C@@H]1CN2CCC1CC2. The molecule has 3 fully saturated rings. The first-order chi connectivity index (χ1) is 11.7. The molecule has 0 spiro atoms. The summed E-state index contributed by atoms with van der Waals surface area (Å²) in [5, 5.41) is 3.21. The van der Waals surface area contributed by atoms with Gasteiger partial charge in [-0.2, -0.15) is 0 Å². The minimum Gasteiger partial charge on any atom is -0.491 e. The molecule has 0 aromatic heterocycles. The smallest absolute Gasteiger partial charge is 0.317 e. The zero-order valence-electron chi connectivity index (χ0n) is 14.8. The van der Waals surface area contributed by atoms with Crippen molar-refractivity contribution in [2.24, 2.45) is 5.92 Å². The molecule has 5 nitrogen and oxygen atoms in total. The molecule has 2 bridgehead atoms. The molecule has 3 saturated heterocycles. The number of carbonyl (C=O) groups excluding carboxylic acids is 1. The first-order valence-corrected chi connectivity index (χ1v) is 9.12. The average Bonchev–Trinajstić information content (AvgIpc) is 2.63. The van der Waals surface area contributed by atoms with Crippen LogP contribution in [0, 0.1) is 5.92 Å². The van der Waals surface area contributed by atoms with E-state index in [0.717, 1.165) is 18.7 Å². The van der Waals surface area contributed by atoms with Crippen molar-refractivity contribution in [2.75, 3.05) is 39.8 Å². The molecule has 0 radical (unpaired) electrons. The summed E-state index contributed by atoms with van der Waals surface area (Å²) in [5.74, 6) is 1.58. The van der Waals surface area contributed by atoms with Crippen LogP contribution >= 0.6 is 0 Å². The fourth-order valence-corrected chi connectivity index (χ4v) is 3.73. The van der Waals surface area contributed by atoms with Crippen LogP contribution in [-0.2, 0) is 6.42 Å². The quantitative estimate of drug-likeness (QED) is 0.870. The Bertz CT molecular complexity index is 555. The van der Waals surface area contributed by atoms with Crippen LogP contribution in [-0.4, -0.2) is 61.7 Å². The van der Waals surface area contributed by atoms with Crippen LogP contribution in [0.1, 0.15) is 25.3 Å². The molecule has 1 aromatic rings. The van der Waals surface area contributed by atoms with Crippen LogP contribution in [0.3, 0.4) is 0 Å². The van der Waals surface area contributed by atoms with Gasteiger partial charge in [0.2, 0.25) is 0 Å². The van der Waals surface area contributed by atoms with Crippen molar-refractivity contribution in [3.63, 3.8) is 0 Å². The number of nitrogens with one attached hydrogen (secondary N) is 1. The van der Waals surface area contributed by atoms with Crippen molar-refractivity contribution >= 4 is 6.03 Å². The third-order valence-electron chi connectivity index (χ3n) is 5.35. The fourth-order valence-electron chi connectivity index (χ4n) is 3.73. The fraction of sp³-hybridized carbons (Fsp3) is 0.632. The van der Waals surface area contributed by atoms with Gasteiger partial charge < -0.3 is 19.9 Å². The molecule has 3 aliphatic heterocycles. The van der Waals surface area contributed by atoms with Gasteiger partial charge in [-0.3, -0.25) is 0 Å². The van der Waals surface area contributed by atoms with Crippen molar-refractivity contribution in [3.05, 3.63) is 29.8 Å². The van der Waals surface area contributed by atoms with E-state index >= 15 is 0 Å². The van der Waals surface area contributed by atoms with E-state index in [0.29, 0.717) is 25.1 Å². The van der Waals surface area contributed by atoms with E-state index in [1.807, 2.05) is 25.2 Å². The first-order valence-electron chi connectivity index (χ1n) is 9.12. The van der Waals surface area contributed by atoms with Gasteiger partial charge >= 0.3 is 6.03 Å². The number of hydrogen-bond acceptors (Lipinski definition) is 3. The summed E-state index contributed by atoms with van der Waals surface area (Å²) < 4.78 is 5.86. The van der Waals surface area contributed by atoms with Gasteiger partial charge in [-0.25, -0.2) is 4.79 Å². The molecular weight excluding hydrogens is 302 g/mol. The number of fused-ring (bicyclic) bond motifs is 3. The lowest BCUT2D eigenvalue weighted by atomic mass is 9.84. The first kappa shape index (κ1) is 17.1. The molecule has 132 valence electrons. The number of amides is 2. The molecule has 1 atom stereocenters. The Morgan fingerprint density at radius 3 is 2.75 bits per heavy atom. The van der Waals surface area contributed by atoms with E-state index in [-0.39, 0.29) is 6.03 Å². The van der Waals surface area contributed by atoms with Crippen LogP contribution in [0.25, 0.3) is 0 Å². The van der Waals surface area contributed by atoms with Gasteiger partial charge in [0.25, 0.3) is 0 Å². The number of hydrogen-bond donors (Lipinski definition) is 1. The second-order valence-electron chi connectivity index (χ2n) is 6.93. The van der Waals surface area contributed by atoms with Crippen molar-refractivity contribution < 1.29 is 9.53 Å². The molecule has 1 aromatic carbocycles. The lowest BCUT2D eigenvalue weighted by Gasteiger charge is -2.45. The normalized spacial score (nSPS) is 25.3. The van der Waals surface area contributed by atoms with Crippen molar-refractivity contribution in [1.82, 2.24) is 15.1 Å². The highest BCUT2D eigenvalue weighted by atomic mass is 16.5. The second-order valence-corrected chi connectivity index (χ2v) is 6.93. The standard InChI is InChI=1S/C19H29N3O2/c1-3-15-6-4-5-7-18(15)24-13-12-21(2)19(23)20-17-14-22-10-8-16(17)9-11-22/h4-7,16-17H,3,8-14H2,1-2H3,(H,20,23)/t17-/m1/s1. The van der Waals surface area contributed by atoms with Crippen LogP contribution in [0.4, 0.5) is 4.79 Å². The molecule has 0 saturated carbocycles. The maximum absolute atomic E-state index is 12.4. The van der Waals surface area contributed by atoms with Gasteiger partial charge in [-0.05, 0) is 49.9 Å². The van der Waals surface area contributed by atoms with Gasteiger partial charge in [0.05, 0.1) is 6.54 Å². The molecule has 5 heteroatoms. The summed E-state index contributed by atoms with van der Waals surface area (Å²) in [6.45, 7) is 6.61. The lowest BCUT2D eigenvalue weighted by molar-refractivity contribution is 0.0734. The number of ether oxygens (including phenoxy) is 1. The highest BCUT2D eigenvalue weighted by molar-refractivity contribution is 5.74. The molecule has 1 N–H and O–H groups in total. The van der Waals surface area contributed by atoms with Gasteiger partial charge in [0.1, 0.15) is 12.4 Å². The summed E-state index contributed by atoms with van der Waals surface area (Å²) in [6, 6.07) is 8.41. The number of carbonyl (C=O) groups is 1.